The van der Waals surface area contributed by atoms with Gasteiger partial charge in [-0.3, -0.25) is 0 Å². The Kier molecular flexibility index (Phi) is 4.69. The Morgan fingerprint density at radius 3 is 2.53 bits per heavy atom. The van der Waals surface area contributed by atoms with Gasteiger partial charge in [0, 0.05) is 0 Å². The van der Waals surface area contributed by atoms with Crippen molar-refractivity contribution < 1.29 is 17.9 Å². The summed E-state index contributed by atoms with van der Waals surface area (Å²) in [6.45, 7) is 4.08. The molecule has 0 aromatic heterocycles. The van der Waals surface area contributed by atoms with E-state index in [0.29, 0.717) is 12.3 Å². The normalized spacial score (nSPS) is 13.5. The van der Waals surface area contributed by atoms with Crippen LogP contribution in [-0.2, 0) is 6.42 Å². The molecule has 1 aromatic rings. The van der Waals surface area contributed by atoms with E-state index in [9.17, 15) is 13.2 Å². The lowest BCUT2D eigenvalue weighted by atomic mass is 9.99. The van der Waals surface area contributed by atoms with E-state index in [1.807, 2.05) is 13.8 Å². The average molecular weight is 267 g/mol. The lowest BCUT2D eigenvalue weighted by Crippen LogP contribution is -2.17. The summed E-state index contributed by atoms with van der Waals surface area (Å²) in [5, 5.41) is -0.0322. The minimum atomic E-state index is -4.71. The molecule has 0 N–H and O–H groups in total. The van der Waals surface area contributed by atoms with Crippen molar-refractivity contribution >= 4 is 11.6 Å². The highest BCUT2D eigenvalue weighted by molar-refractivity contribution is 6.32. The predicted molar refractivity (Wildman–Crippen MR) is 61.3 cm³/mol. The number of halogens is 4. The third-order valence-electron chi connectivity index (χ3n) is 2.50. The Labute approximate surface area is 104 Å². The van der Waals surface area contributed by atoms with Crippen molar-refractivity contribution in [3.8, 4) is 5.75 Å². The van der Waals surface area contributed by atoms with Gasteiger partial charge in [-0.2, -0.15) is 0 Å². The van der Waals surface area contributed by atoms with E-state index in [1.54, 1.807) is 6.07 Å². The molecule has 0 heterocycles. The minimum Gasteiger partial charge on any atom is -0.404 e. The zero-order valence-electron chi connectivity index (χ0n) is 9.64. The monoisotopic (exact) mass is 266 g/mol. The summed E-state index contributed by atoms with van der Waals surface area (Å²) in [7, 11) is 0. The molecule has 1 aromatic carbocycles. The Morgan fingerprint density at radius 1 is 1.35 bits per heavy atom. The van der Waals surface area contributed by atoms with E-state index >= 15 is 0 Å². The van der Waals surface area contributed by atoms with Crippen LogP contribution in [0, 0.1) is 5.92 Å². The van der Waals surface area contributed by atoms with Gasteiger partial charge in [0.05, 0.1) is 5.02 Å². The van der Waals surface area contributed by atoms with Crippen LogP contribution in [0.25, 0.3) is 0 Å². The van der Waals surface area contributed by atoms with Crippen molar-refractivity contribution in [1.82, 2.24) is 0 Å². The molecule has 0 amide bonds. The first-order chi connectivity index (χ1) is 7.81. The van der Waals surface area contributed by atoms with Gasteiger partial charge in [-0.25, -0.2) is 0 Å². The molecule has 1 nitrogen and oxygen atoms in total. The van der Waals surface area contributed by atoms with E-state index in [2.05, 4.69) is 4.74 Å². The first-order valence-corrected chi connectivity index (χ1v) is 5.73. The van der Waals surface area contributed by atoms with Gasteiger partial charge in [-0.15, -0.1) is 13.2 Å². The highest BCUT2D eigenvalue weighted by Gasteiger charge is 2.32. The molecule has 17 heavy (non-hydrogen) atoms. The summed E-state index contributed by atoms with van der Waals surface area (Å²) in [6, 6.07) is 4.50. The molecule has 1 unspecified atom stereocenters. The highest BCUT2D eigenvalue weighted by Crippen LogP contribution is 2.31. The van der Waals surface area contributed by atoms with Gasteiger partial charge in [0.1, 0.15) is 5.75 Å². The van der Waals surface area contributed by atoms with Crippen LogP contribution in [0.4, 0.5) is 13.2 Å². The van der Waals surface area contributed by atoms with Crippen LogP contribution in [-0.4, -0.2) is 6.36 Å². The molecule has 5 heteroatoms. The van der Waals surface area contributed by atoms with Crippen molar-refractivity contribution in [2.75, 3.05) is 0 Å². The second kappa shape index (κ2) is 5.63. The third-order valence-corrected chi connectivity index (χ3v) is 2.81. The summed E-state index contributed by atoms with van der Waals surface area (Å²) >= 11 is 5.65. The summed E-state index contributed by atoms with van der Waals surface area (Å²) in [4.78, 5) is 0. The fraction of sp³-hybridized carbons (Fsp3) is 0.500. The molecular weight excluding hydrogens is 253 g/mol. The Bertz CT molecular complexity index is 377. The van der Waals surface area contributed by atoms with Crippen LogP contribution in [0.3, 0.4) is 0 Å². The quantitative estimate of drug-likeness (QED) is 0.759. The van der Waals surface area contributed by atoms with E-state index < -0.39 is 6.36 Å². The zero-order valence-corrected chi connectivity index (χ0v) is 10.4. The summed E-state index contributed by atoms with van der Waals surface area (Å²) in [5.41, 5.74) is 0.794. The Morgan fingerprint density at radius 2 is 2.00 bits per heavy atom. The fourth-order valence-corrected chi connectivity index (χ4v) is 1.58. The van der Waals surface area contributed by atoms with Gasteiger partial charge in [-0.1, -0.05) is 37.9 Å². The maximum absolute atomic E-state index is 12.1. The number of benzene rings is 1. The third kappa shape index (κ3) is 4.86. The van der Waals surface area contributed by atoms with Crippen LogP contribution in [0.15, 0.2) is 18.2 Å². The number of ether oxygens (including phenoxy) is 1. The Balaban J connectivity index is 2.87. The Hall–Kier alpha value is -0.900. The second-order valence-corrected chi connectivity index (χ2v) is 4.44. The second-order valence-electron chi connectivity index (χ2n) is 4.03. The largest absolute Gasteiger partial charge is 0.573 e. The minimum absolute atomic E-state index is 0.0322. The molecule has 1 rings (SSSR count). The molecule has 0 fully saturated rings. The fourth-order valence-electron chi connectivity index (χ4n) is 1.42. The van der Waals surface area contributed by atoms with E-state index in [4.69, 9.17) is 11.6 Å². The van der Waals surface area contributed by atoms with Crippen molar-refractivity contribution in [3.63, 3.8) is 0 Å². The van der Waals surface area contributed by atoms with Crippen LogP contribution in [0.5, 0.6) is 5.75 Å². The molecule has 1 atom stereocenters. The van der Waals surface area contributed by atoms with Crippen molar-refractivity contribution in [3.05, 3.63) is 28.8 Å². The van der Waals surface area contributed by atoms with Gasteiger partial charge in [0.2, 0.25) is 0 Å². The van der Waals surface area contributed by atoms with Crippen LogP contribution in [0.2, 0.25) is 5.02 Å². The maximum Gasteiger partial charge on any atom is 0.573 e. The van der Waals surface area contributed by atoms with E-state index in [1.165, 1.54) is 12.1 Å². The first kappa shape index (κ1) is 14.2. The van der Waals surface area contributed by atoms with E-state index in [-0.39, 0.29) is 10.8 Å². The SMILES string of the molecule is CCC(C)Cc1ccc(Cl)c(OC(F)(F)F)c1. The van der Waals surface area contributed by atoms with Gasteiger partial charge in [-0.05, 0) is 30.0 Å². The molecule has 0 radical (unpaired) electrons. The van der Waals surface area contributed by atoms with Gasteiger partial charge >= 0.3 is 6.36 Å². The van der Waals surface area contributed by atoms with Crippen LogP contribution in [0.1, 0.15) is 25.8 Å². The van der Waals surface area contributed by atoms with E-state index in [0.717, 1.165) is 12.0 Å². The lowest BCUT2D eigenvalue weighted by Gasteiger charge is -2.13. The first-order valence-electron chi connectivity index (χ1n) is 5.36. The topological polar surface area (TPSA) is 9.23 Å². The molecule has 96 valence electrons. The number of rotatable bonds is 4. The molecular formula is C12H14ClF3O. The maximum atomic E-state index is 12.1. The molecule has 0 aliphatic carbocycles. The zero-order chi connectivity index (χ0) is 13.1. The van der Waals surface area contributed by atoms with Gasteiger partial charge < -0.3 is 4.74 Å². The summed E-state index contributed by atoms with van der Waals surface area (Å²) in [5.74, 6) is 0.0786. The van der Waals surface area contributed by atoms with Crippen molar-refractivity contribution in [1.29, 1.82) is 0 Å². The summed E-state index contributed by atoms with van der Waals surface area (Å²) in [6.07, 6.45) is -3.03. The smallest absolute Gasteiger partial charge is 0.404 e. The molecule has 0 spiro atoms. The molecule has 0 bridgehead atoms. The summed E-state index contributed by atoms with van der Waals surface area (Å²) < 4.78 is 40.2. The molecule has 0 aliphatic heterocycles. The highest BCUT2D eigenvalue weighted by atomic mass is 35.5. The van der Waals surface area contributed by atoms with Crippen LogP contribution >= 0.6 is 11.6 Å². The molecule has 0 aliphatic rings. The number of hydrogen-bond donors (Lipinski definition) is 0. The van der Waals surface area contributed by atoms with Crippen LogP contribution < -0.4 is 4.74 Å². The average Bonchev–Trinajstić information content (AvgIpc) is 2.21. The lowest BCUT2D eigenvalue weighted by molar-refractivity contribution is -0.274. The number of hydrogen-bond acceptors (Lipinski definition) is 1. The van der Waals surface area contributed by atoms with Crippen molar-refractivity contribution in [2.24, 2.45) is 5.92 Å². The number of alkyl halides is 3. The van der Waals surface area contributed by atoms with Gasteiger partial charge in [0.15, 0.2) is 0 Å². The van der Waals surface area contributed by atoms with Crippen molar-refractivity contribution in [2.45, 2.75) is 33.1 Å². The standard InChI is InChI=1S/C12H14ClF3O/c1-3-8(2)6-9-4-5-10(13)11(7-9)17-12(14,15)16/h4-5,7-8H,3,6H2,1-2H3. The predicted octanol–water partition coefficient (Wildman–Crippen LogP) is 4.83. The molecule has 0 saturated heterocycles. The van der Waals surface area contributed by atoms with Gasteiger partial charge in [0.25, 0.3) is 0 Å². The molecule has 0 saturated carbocycles.